The average Bonchev–Trinajstić information content (AvgIpc) is 2.37. The fraction of sp³-hybridized carbons (Fsp3) is 0.200. The van der Waals surface area contributed by atoms with Gasteiger partial charge in [-0.1, -0.05) is 0 Å². The number of benzene rings is 1. The number of hydrogen-bond donors (Lipinski definition) is 2. The molecule has 9 nitrogen and oxygen atoms in total. The molecule has 0 radical (unpaired) electrons. The molecule has 1 aromatic rings. The molecule has 0 atom stereocenters. The molecule has 0 aliphatic heterocycles. The Kier molecular flexibility index (Phi) is 4.63. The molecule has 0 heterocycles. The van der Waals surface area contributed by atoms with Gasteiger partial charge in [-0.2, -0.15) is 5.10 Å². The van der Waals surface area contributed by atoms with Crippen LogP contribution in [-0.2, 0) is 0 Å². The molecule has 9 heteroatoms. The monoisotopic (exact) mass is 267 g/mol. The summed E-state index contributed by atoms with van der Waals surface area (Å²) < 4.78 is 10.1. The fourth-order valence-corrected chi connectivity index (χ4v) is 1.38. The first-order valence-electron chi connectivity index (χ1n) is 5.02. The number of nitro benzene ring substituents is 1. The highest BCUT2D eigenvalue weighted by molar-refractivity contribution is 5.91. The van der Waals surface area contributed by atoms with Gasteiger partial charge < -0.3 is 20.9 Å². The van der Waals surface area contributed by atoms with Crippen molar-refractivity contribution in [2.24, 2.45) is 21.7 Å². The molecule has 1 aromatic carbocycles. The number of nitro groups is 1. The maximum atomic E-state index is 10.9. The van der Waals surface area contributed by atoms with Crippen molar-refractivity contribution >= 4 is 17.9 Å². The van der Waals surface area contributed by atoms with Gasteiger partial charge >= 0.3 is 0 Å². The zero-order chi connectivity index (χ0) is 14.4. The third kappa shape index (κ3) is 3.31. The van der Waals surface area contributed by atoms with Crippen molar-refractivity contribution in [3.63, 3.8) is 0 Å². The van der Waals surface area contributed by atoms with Crippen molar-refractivity contribution in [2.45, 2.75) is 0 Å². The number of methoxy groups -OCH3 is 2. The highest BCUT2D eigenvalue weighted by Crippen LogP contribution is 2.35. The summed E-state index contributed by atoms with van der Waals surface area (Å²) >= 11 is 0. The summed E-state index contributed by atoms with van der Waals surface area (Å²) in [7, 11) is 2.78. The lowest BCUT2D eigenvalue weighted by Crippen LogP contribution is -2.21. The molecule has 1 rings (SSSR count). The highest BCUT2D eigenvalue weighted by Gasteiger charge is 2.21. The lowest BCUT2D eigenvalue weighted by Gasteiger charge is -2.09. The van der Waals surface area contributed by atoms with E-state index in [1.165, 1.54) is 26.4 Å². The van der Waals surface area contributed by atoms with E-state index in [1.807, 2.05) is 0 Å². The first kappa shape index (κ1) is 14.2. The Morgan fingerprint density at radius 3 is 2.53 bits per heavy atom. The largest absolute Gasteiger partial charge is 0.493 e. The van der Waals surface area contributed by atoms with Crippen LogP contribution in [0, 0.1) is 10.1 Å². The van der Waals surface area contributed by atoms with Gasteiger partial charge in [0.15, 0.2) is 11.5 Å². The van der Waals surface area contributed by atoms with Crippen LogP contribution in [0.2, 0.25) is 0 Å². The summed E-state index contributed by atoms with van der Waals surface area (Å²) in [6.07, 6.45) is 1.12. The molecule has 0 unspecified atom stereocenters. The van der Waals surface area contributed by atoms with Gasteiger partial charge in [0.25, 0.3) is 5.69 Å². The van der Waals surface area contributed by atoms with Crippen molar-refractivity contribution in [1.82, 2.24) is 0 Å². The highest BCUT2D eigenvalue weighted by atomic mass is 16.6. The molecule has 0 bridgehead atoms. The van der Waals surface area contributed by atoms with Gasteiger partial charge in [0, 0.05) is 6.07 Å². The molecule has 0 aromatic heterocycles. The Balaban J connectivity index is 3.41. The first-order chi connectivity index (χ1) is 9.01. The van der Waals surface area contributed by atoms with Crippen molar-refractivity contribution < 1.29 is 14.4 Å². The van der Waals surface area contributed by atoms with E-state index in [1.54, 1.807) is 0 Å². The second-order valence-corrected chi connectivity index (χ2v) is 3.26. The molecular formula is C10H13N5O4. The Bertz CT molecular complexity index is 537. The smallest absolute Gasteiger partial charge is 0.282 e. The SMILES string of the molecule is COc1ccc([N+](=O)[O-])c(/C=N/N=C(N)N)c1OC. The summed E-state index contributed by atoms with van der Waals surface area (Å²) in [5.74, 6) is 0.242. The van der Waals surface area contributed by atoms with Crippen molar-refractivity contribution in [3.05, 3.63) is 27.8 Å². The second kappa shape index (κ2) is 6.19. The van der Waals surface area contributed by atoms with Crippen LogP contribution in [0.25, 0.3) is 0 Å². The van der Waals surface area contributed by atoms with Crippen LogP contribution in [0.5, 0.6) is 11.5 Å². The van der Waals surface area contributed by atoms with Gasteiger partial charge in [-0.05, 0) is 6.07 Å². The molecule has 4 N–H and O–H groups in total. The van der Waals surface area contributed by atoms with Crippen molar-refractivity contribution in [2.75, 3.05) is 14.2 Å². The minimum absolute atomic E-state index is 0.108. The zero-order valence-corrected chi connectivity index (χ0v) is 10.4. The Hall–Kier alpha value is -2.84. The van der Waals surface area contributed by atoms with Gasteiger partial charge in [-0.25, -0.2) is 0 Å². The molecule has 0 saturated heterocycles. The molecule has 0 saturated carbocycles. The summed E-state index contributed by atoms with van der Waals surface area (Å²) in [6.45, 7) is 0. The van der Waals surface area contributed by atoms with E-state index in [0.717, 1.165) is 6.21 Å². The van der Waals surface area contributed by atoms with Gasteiger partial charge in [-0.15, -0.1) is 5.10 Å². The molecule has 0 aliphatic rings. The van der Waals surface area contributed by atoms with Crippen LogP contribution in [0.15, 0.2) is 22.3 Å². The van der Waals surface area contributed by atoms with E-state index in [9.17, 15) is 10.1 Å². The second-order valence-electron chi connectivity index (χ2n) is 3.26. The van der Waals surface area contributed by atoms with Crippen LogP contribution in [0.1, 0.15) is 5.56 Å². The normalized spacial score (nSPS) is 10.2. The van der Waals surface area contributed by atoms with Crippen LogP contribution >= 0.6 is 0 Å². The molecule has 102 valence electrons. The standard InChI is InChI=1S/C10H13N5O4/c1-18-8-4-3-7(15(16)17)6(9(8)19-2)5-13-14-10(11)12/h3-5H,1-2H3,(H4,11,12,14)/b13-5+. The molecule has 0 spiro atoms. The van der Waals surface area contributed by atoms with Gasteiger partial charge in [0.2, 0.25) is 5.96 Å². The third-order valence-electron chi connectivity index (χ3n) is 2.12. The van der Waals surface area contributed by atoms with E-state index in [0.29, 0.717) is 5.75 Å². The number of hydrogen-bond acceptors (Lipinski definition) is 6. The molecular weight excluding hydrogens is 254 g/mol. The van der Waals surface area contributed by atoms with Gasteiger partial charge in [0.1, 0.15) is 5.56 Å². The molecule has 0 aliphatic carbocycles. The minimum Gasteiger partial charge on any atom is -0.493 e. The van der Waals surface area contributed by atoms with E-state index in [-0.39, 0.29) is 23.0 Å². The topological polar surface area (TPSA) is 138 Å². The predicted octanol–water partition coefficient (Wildman–Crippen LogP) is 0.219. The number of guanidine groups is 1. The number of rotatable bonds is 5. The van der Waals surface area contributed by atoms with Gasteiger partial charge in [0.05, 0.1) is 25.4 Å². The molecule has 0 fully saturated rings. The summed E-state index contributed by atoms with van der Waals surface area (Å²) in [4.78, 5) is 10.4. The number of nitrogens with two attached hydrogens (primary N) is 2. The average molecular weight is 267 g/mol. The fourth-order valence-electron chi connectivity index (χ4n) is 1.38. The van der Waals surface area contributed by atoms with Crippen LogP contribution in [-0.4, -0.2) is 31.3 Å². The minimum atomic E-state index is -0.571. The van der Waals surface area contributed by atoms with Crippen molar-refractivity contribution in [3.8, 4) is 11.5 Å². The molecule has 0 amide bonds. The Labute approximate surface area is 108 Å². The van der Waals surface area contributed by atoms with E-state index in [2.05, 4.69) is 10.2 Å². The lowest BCUT2D eigenvalue weighted by molar-refractivity contribution is -0.385. The van der Waals surface area contributed by atoms with E-state index in [4.69, 9.17) is 20.9 Å². The Morgan fingerprint density at radius 2 is 2.05 bits per heavy atom. The predicted molar refractivity (Wildman–Crippen MR) is 69.6 cm³/mol. The zero-order valence-electron chi connectivity index (χ0n) is 10.4. The maximum Gasteiger partial charge on any atom is 0.282 e. The van der Waals surface area contributed by atoms with Crippen LogP contribution < -0.4 is 20.9 Å². The lowest BCUT2D eigenvalue weighted by atomic mass is 10.1. The van der Waals surface area contributed by atoms with E-state index >= 15 is 0 Å². The third-order valence-corrected chi connectivity index (χ3v) is 2.12. The van der Waals surface area contributed by atoms with Gasteiger partial charge in [-0.3, -0.25) is 10.1 Å². The van der Waals surface area contributed by atoms with Crippen molar-refractivity contribution in [1.29, 1.82) is 0 Å². The van der Waals surface area contributed by atoms with E-state index < -0.39 is 4.92 Å². The van der Waals surface area contributed by atoms with Crippen LogP contribution in [0.3, 0.4) is 0 Å². The maximum absolute atomic E-state index is 10.9. The quantitative estimate of drug-likeness (QED) is 0.338. The van der Waals surface area contributed by atoms with Crippen LogP contribution in [0.4, 0.5) is 5.69 Å². The first-order valence-corrected chi connectivity index (χ1v) is 5.02. The number of ether oxygens (including phenoxy) is 2. The summed E-state index contributed by atoms with van der Waals surface area (Å²) in [6, 6.07) is 2.70. The summed E-state index contributed by atoms with van der Waals surface area (Å²) in [5.41, 5.74) is 10.1. The Morgan fingerprint density at radius 1 is 1.37 bits per heavy atom. The summed E-state index contributed by atoms with van der Waals surface area (Å²) in [5, 5.41) is 17.9. The number of nitrogens with zero attached hydrogens (tertiary/aromatic N) is 3. The molecule has 19 heavy (non-hydrogen) atoms.